The number of hydrogen-bond donors (Lipinski definition) is 5. The molecule has 4 amide bonds. The van der Waals surface area contributed by atoms with Gasteiger partial charge in [-0.2, -0.15) is 0 Å². The van der Waals surface area contributed by atoms with E-state index in [1.54, 1.807) is 0 Å². The molecule has 15 heteroatoms. The van der Waals surface area contributed by atoms with Gasteiger partial charge in [0.1, 0.15) is 35.2 Å². The summed E-state index contributed by atoms with van der Waals surface area (Å²) in [6, 6.07) is 15.4. The summed E-state index contributed by atoms with van der Waals surface area (Å²) in [5, 5.41) is 15.0. The molecule has 63 heavy (non-hydrogen) atoms. The summed E-state index contributed by atoms with van der Waals surface area (Å²) in [7, 11) is 2.62. The summed E-state index contributed by atoms with van der Waals surface area (Å²) < 4.78 is 16.0. The SMILES string of the molecule is COC(=O)N[C@H](C(=O)N1[C@@H]2CC[C@@H](C2)[C@H]1c1ncc(-c2ccc(-c3ccc(C4=CNC([C@@H]5[C@H]6CC[C@H](C6)N5C(=O)[C@@H](NC(=O)OC)C(C)C)N4)c4c5ccc(o5)c34)cc2)[nH]1)C(C)C. The number of imidazole rings is 1. The number of aromatic amines is 1. The van der Waals surface area contributed by atoms with Gasteiger partial charge >= 0.3 is 12.2 Å². The number of hydrogen-bond acceptors (Lipinski definition) is 10. The smallest absolute Gasteiger partial charge is 0.407 e. The monoisotopic (exact) mass is 856 g/mol. The van der Waals surface area contributed by atoms with Crippen molar-refractivity contribution >= 4 is 51.6 Å². The van der Waals surface area contributed by atoms with Crippen LogP contribution in [0.15, 0.2) is 65.3 Å². The van der Waals surface area contributed by atoms with E-state index in [2.05, 4.69) is 62.6 Å². The maximum Gasteiger partial charge on any atom is 0.407 e. The number of alkyl carbamates (subject to hydrolysis) is 2. The number of fused-ring (bicyclic) bond motifs is 9. The van der Waals surface area contributed by atoms with Crippen LogP contribution < -0.4 is 21.3 Å². The fraction of sp³-hybridized carbons (Fsp3) is 0.479. The van der Waals surface area contributed by atoms with E-state index in [9.17, 15) is 19.2 Å². The van der Waals surface area contributed by atoms with Crippen molar-refractivity contribution in [2.75, 3.05) is 14.2 Å². The largest absolute Gasteiger partial charge is 0.456 e. The number of piperidine rings is 2. The average molecular weight is 857 g/mol. The van der Waals surface area contributed by atoms with Crippen LogP contribution in [0.1, 0.15) is 83.6 Å². The number of benzene rings is 3. The van der Waals surface area contributed by atoms with Gasteiger partial charge in [-0.15, -0.1) is 0 Å². The lowest BCUT2D eigenvalue weighted by molar-refractivity contribution is -0.140. The Labute approximate surface area is 366 Å². The predicted octanol–water partition coefficient (Wildman–Crippen LogP) is 7.09. The number of furan rings is 2. The molecule has 5 N–H and O–H groups in total. The Morgan fingerprint density at radius 3 is 1.95 bits per heavy atom. The number of nitrogens with zero attached hydrogens (tertiary/aromatic N) is 3. The summed E-state index contributed by atoms with van der Waals surface area (Å²) in [5.74, 6) is 1.02. The van der Waals surface area contributed by atoms with Gasteiger partial charge in [0.05, 0.1) is 43.9 Å². The van der Waals surface area contributed by atoms with Crippen molar-refractivity contribution in [2.24, 2.45) is 23.7 Å². The molecule has 3 aliphatic heterocycles. The van der Waals surface area contributed by atoms with E-state index in [0.717, 1.165) is 99.9 Å². The molecule has 1 unspecified atom stereocenters. The highest BCUT2D eigenvalue weighted by molar-refractivity contribution is 6.18. The second-order valence-corrected chi connectivity index (χ2v) is 18.8. The van der Waals surface area contributed by atoms with Crippen LogP contribution in [0.3, 0.4) is 0 Å². The predicted molar refractivity (Wildman–Crippen MR) is 237 cm³/mol. The molecule has 5 aromatic rings. The standard InChI is InChI=1S/C48H56N8O7/c1-23(2)39(53-47(59)61-5)45(57)55-29-13-11-27(19-29)41(55)43-49-21-33(51-43)26-9-7-25(8-10-26)31-15-16-32(38-36-18-17-35(63-36)37(31)38)34-22-50-44(52-34)42-28-12-14-30(20-28)56(42)46(58)40(24(3)4)54-48(60)62-6/h7-10,15-18,21-24,27-30,39-42,44,50,52H,11-14,19-20H2,1-6H3,(H,49,51)(H,53,59)(H,54,60)/t27-,28-,29+,30+,39-,40-,41-,42-,44?/m0/s1. The Bertz CT molecular complexity index is 2600. The highest BCUT2D eigenvalue weighted by atomic mass is 16.5. The van der Waals surface area contributed by atoms with Crippen molar-refractivity contribution in [3.63, 3.8) is 0 Å². The number of amides is 4. The van der Waals surface area contributed by atoms with Crippen molar-refractivity contribution < 1.29 is 33.1 Å². The fourth-order valence-corrected chi connectivity index (χ4v) is 11.6. The second kappa shape index (κ2) is 15.8. The minimum absolute atomic E-state index is 0.0675. The number of methoxy groups -OCH3 is 2. The molecule has 330 valence electrons. The Kier molecular flexibility index (Phi) is 10.3. The summed E-state index contributed by atoms with van der Waals surface area (Å²) in [4.78, 5) is 65.0. The molecule has 5 aliphatic rings. The van der Waals surface area contributed by atoms with Crippen molar-refractivity contribution in [1.29, 1.82) is 0 Å². The summed E-state index contributed by atoms with van der Waals surface area (Å²) in [6.45, 7) is 7.74. The summed E-state index contributed by atoms with van der Waals surface area (Å²) in [5.41, 5.74) is 7.52. The highest BCUT2D eigenvalue weighted by Gasteiger charge is 2.54. The number of carbonyl (C=O) groups excluding carboxylic acids is 4. The highest BCUT2D eigenvalue weighted by Crippen LogP contribution is 2.51. The van der Waals surface area contributed by atoms with E-state index in [4.69, 9.17) is 18.9 Å². The fourth-order valence-electron chi connectivity index (χ4n) is 11.6. The van der Waals surface area contributed by atoms with Crippen LogP contribution in [-0.4, -0.2) is 94.4 Å². The zero-order valence-corrected chi connectivity index (χ0v) is 36.6. The van der Waals surface area contributed by atoms with E-state index < -0.39 is 24.3 Å². The van der Waals surface area contributed by atoms with Gasteiger partial charge < -0.3 is 49.9 Å². The first-order valence-electron chi connectivity index (χ1n) is 22.4. The molecule has 6 bridgehead atoms. The first kappa shape index (κ1) is 40.8. The van der Waals surface area contributed by atoms with E-state index in [0.29, 0.717) is 11.8 Å². The van der Waals surface area contributed by atoms with Gasteiger partial charge in [-0.25, -0.2) is 14.6 Å². The minimum atomic E-state index is -0.693. The van der Waals surface area contributed by atoms with Gasteiger partial charge in [-0.1, -0.05) is 64.1 Å². The Hall–Kier alpha value is -6.25. The summed E-state index contributed by atoms with van der Waals surface area (Å²) in [6.07, 6.45) is 8.31. The number of rotatable bonds is 11. The molecule has 15 nitrogen and oxygen atoms in total. The van der Waals surface area contributed by atoms with Gasteiger partial charge in [0.2, 0.25) is 11.8 Å². The van der Waals surface area contributed by atoms with Crippen LogP contribution >= 0.6 is 0 Å². The molecular weight excluding hydrogens is 801 g/mol. The molecule has 9 atom stereocenters. The van der Waals surface area contributed by atoms with Gasteiger partial charge in [0.25, 0.3) is 0 Å². The first-order valence-corrected chi connectivity index (χ1v) is 22.4. The second-order valence-electron chi connectivity index (χ2n) is 18.8. The topological polar surface area (TPSA) is 183 Å². The van der Waals surface area contributed by atoms with Crippen LogP contribution in [-0.2, 0) is 19.1 Å². The molecule has 2 saturated heterocycles. The quantitative estimate of drug-likeness (QED) is 0.0920. The average Bonchev–Trinajstić information content (AvgIpc) is 4.16. The van der Waals surface area contributed by atoms with Gasteiger partial charge in [0, 0.05) is 34.6 Å². The third-order valence-corrected chi connectivity index (χ3v) is 14.6. The van der Waals surface area contributed by atoms with Crippen molar-refractivity contribution in [2.45, 2.75) is 109 Å². The molecule has 0 spiro atoms. The minimum Gasteiger partial charge on any atom is -0.456 e. The molecule has 10 rings (SSSR count). The molecule has 3 aromatic heterocycles. The Morgan fingerprint density at radius 2 is 1.30 bits per heavy atom. The maximum atomic E-state index is 14.2. The van der Waals surface area contributed by atoms with E-state index in [1.165, 1.54) is 14.2 Å². The molecule has 2 aliphatic carbocycles. The van der Waals surface area contributed by atoms with Crippen molar-refractivity contribution in [3.8, 4) is 22.4 Å². The number of likely N-dealkylation sites (tertiary alicyclic amines) is 2. The molecule has 4 fully saturated rings. The Morgan fingerprint density at radius 1 is 0.730 bits per heavy atom. The molecular formula is C48H56N8O7. The molecule has 6 heterocycles. The number of ether oxygens (including phenoxy) is 2. The molecule has 2 aromatic carbocycles. The van der Waals surface area contributed by atoms with Crippen molar-refractivity contribution in [1.82, 2.24) is 41.0 Å². The van der Waals surface area contributed by atoms with Crippen LogP contribution in [0.25, 0.3) is 50.0 Å². The zero-order valence-electron chi connectivity index (χ0n) is 36.6. The van der Waals surface area contributed by atoms with E-state index >= 15 is 0 Å². The molecule has 0 radical (unpaired) electrons. The number of aromatic nitrogens is 2. The number of H-pyrrole nitrogens is 1. The third kappa shape index (κ3) is 6.81. The van der Waals surface area contributed by atoms with Crippen LogP contribution in [0, 0.1) is 23.7 Å². The van der Waals surface area contributed by atoms with Gasteiger partial charge in [-0.3, -0.25) is 9.59 Å². The maximum absolute atomic E-state index is 14.2. The van der Waals surface area contributed by atoms with Gasteiger partial charge in [-0.05, 0) is 91.0 Å². The lowest BCUT2D eigenvalue weighted by Gasteiger charge is -2.41. The van der Waals surface area contributed by atoms with Gasteiger partial charge in [0.15, 0.2) is 0 Å². The molecule has 2 saturated carbocycles. The lowest BCUT2D eigenvalue weighted by atomic mass is 9.93. The number of carbonyl (C=O) groups is 4. The third-order valence-electron chi connectivity index (χ3n) is 14.6. The lowest BCUT2D eigenvalue weighted by Crippen LogP contribution is -2.61. The normalized spacial score (nSPS) is 25.8. The van der Waals surface area contributed by atoms with Crippen LogP contribution in [0.2, 0.25) is 0 Å². The zero-order chi connectivity index (χ0) is 43.8. The summed E-state index contributed by atoms with van der Waals surface area (Å²) >= 11 is 0. The van der Waals surface area contributed by atoms with E-state index in [1.807, 2.05) is 62.0 Å². The number of nitrogens with one attached hydrogen (secondary N) is 5. The van der Waals surface area contributed by atoms with Crippen LogP contribution in [0.5, 0.6) is 0 Å². The van der Waals surface area contributed by atoms with Crippen LogP contribution in [0.4, 0.5) is 9.59 Å². The Balaban J connectivity index is 0.882. The van der Waals surface area contributed by atoms with Crippen molar-refractivity contribution in [3.05, 3.63) is 72.3 Å². The first-order chi connectivity index (χ1) is 30.4. The van der Waals surface area contributed by atoms with E-state index in [-0.39, 0.29) is 54.0 Å².